The molecule has 3 fully saturated rings. The van der Waals surface area contributed by atoms with Gasteiger partial charge in [0.05, 0.1) is 43.1 Å². The molecule has 0 saturated carbocycles. The number of piperidine rings is 3. The molecular weight excluding hydrogens is 723 g/mol. The third-order valence-corrected chi connectivity index (χ3v) is 11.2. The van der Waals surface area contributed by atoms with Gasteiger partial charge in [0, 0.05) is 37.7 Å². The van der Waals surface area contributed by atoms with Gasteiger partial charge in [0.25, 0.3) is 0 Å². The number of hydrogen-bond donors (Lipinski definition) is 0. The quantitative estimate of drug-likeness (QED) is 0.104. The van der Waals surface area contributed by atoms with Crippen molar-refractivity contribution in [2.75, 3.05) is 78.7 Å². The zero-order valence-corrected chi connectivity index (χ0v) is 35.9. The van der Waals surface area contributed by atoms with Crippen LogP contribution in [0.25, 0.3) is 0 Å². The fraction of sp³-hybridized carbons (Fsp3) is 0.571. The minimum absolute atomic E-state index is 0.0926. The first kappa shape index (κ1) is 46.3. The van der Waals surface area contributed by atoms with E-state index in [0.717, 1.165) is 86.9 Å². The zero-order valence-electron chi connectivity index (χ0n) is 35.9. The van der Waals surface area contributed by atoms with Crippen molar-refractivity contribution in [1.29, 1.82) is 10.5 Å². The summed E-state index contributed by atoms with van der Waals surface area (Å²) in [4.78, 5) is 18.8. The molecule has 58 heavy (non-hydrogen) atoms. The molecule has 3 aliphatic rings. The molecule has 3 aromatic rings. The predicted molar refractivity (Wildman–Crippen MR) is 234 cm³/mol. The highest BCUT2D eigenvalue weighted by Crippen LogP contribution is 2.19. The molecule has 9 nitrogen and oxygen atoms in total. The van der Waals surface area contributed by atoms with Gasteiger partial charge in [-0.15, -0.1) is 0 Å². The fourth-order valence-corrected chi connectivity index (χ4v) is 7.64. The van der Waals surface area contributed by atoms with Crippen LogP contribution in [0.2, 0.25) is 0 Å². The molecule has 0 radical (unpaired) electrons. The molecule has 3 saturated heterocycles. The summed E-state index contributed by atoms with van der Waals surface area (Å²) in [5, 5.41) is 17.4. The number of hydrogen-bond acceptors (Lipinski definition) is 9. The summed E-state index contributed by atoms with van der Waals surface area (Å²) in [7, 11) is 0. The largest absolute Gasteiger partial charge is 0.494 e. The second kappa shape index (κ2) is 26.6. The van der Waals surface area contributed by atoms with Crippen LogP contribution in [0.15, 0.2) is 72.8 Å². The number of nitrogens with zero attached hydrogens (tertiary/aromatic N) is 5. The number of benzene rings is 3. The molecule has 0 aromatic heterocycles. The van der Waals surface area contributed by atoms with Gasteiger partial charge in [-0.05, 0) is 176 Å². The van der Waals surface area contributed by atoms with Gasteiger partial charge >= 0.3 is 0 Å². The molecule has 3 aromatic carbocycles. The minimum Gasteiger partial charge on any atom is -0.494 e. The van der Waals surface area contributed by atoms with Gasteiger partial charge in [0.2, 0.25) is 0 Å². The van der Waals surface area contributed by atoms with Crippen LogP contribution >= 0.6 is 0 Å². The van der Waals surface area contributed by atoms with Gasteiger partial charge in [0.15, 0.2) is 5.78 Å². The van der Waals surface area contributed by atoms with Crippen molar-refractivity contribution in [1.82, 2.24) is 14.7 Å². The van der Waals surface area contributed by atoms with Crippen LogP contribution in [-0.2, 0) is 0 Å². The SMILES string of the molecule is CC(=O)c1ccc(OC[C@H](C)CN2CCCCC2)cc1.CC1CCCN(CCCOc2ccc(C#N)cc2)C1.CC1CCN(CCCOc2ccc(C#N)cc2)CC1. The number of carbonyl (C=O) groups is 1. The number of ether oxygens (including phenoxy) is 3. The molecule has 1 unspecified atom stereocenters. The van der Waals surface area contributed by atoms with E-state index in [1.165, 1.54) is 84.2 Å². The Morgan fingerprint density at radius 1 is 0.638 bits per heavy atom. The Morgan fingerprint density at radius 3 is 1.66 bits per heavy atom. The Kier molecular flexibility index (Phi) is 21.2. The van der Waals surface area contributed by atoms with Crippen molar-refractivity contribution in [3.8, 4) is 29.4 Å². The average Bonchev–Trinajstić information content (AvgIpc) is 3.25. The van der Waals surface area contributed by atoms with Crippen LogP contribution in [0.4, 0.5) is 0 Å². The molecule has 2 atom stereocenters. The standard InChI is InChI=1S/C17H25NO2.2C16H22N2O/c1-14(12-18-10-4-3-5-11-18)13-20-17-8-6-16(7-9-17)15(2)19;1-14-7-10-18(11-8-14)9-2-12-19-16-5-3-15(13-17)4-6-16;1-14-4-2-9-18(13-14)10-3-11-19-16-7-5-15(12-17)6-8-16/h6-9,14H,3-5,10-13H2,1-2H3;3-6,14H,2,7-12H2,1H3;5-8,14H,2-4,9-11,13H2,1H3/t14-;;/m1../s1. The van der Waals surface area contributed by atoms with Crippen molar-refractivity contribution < 1.29 is 19.0 Å². The van der Waals surface area contributed by atoms with Gasteiger partial charge in [-0.1, -0.05) is 27.2 Å². The molecular formula is C49H69N5O4. The van der Waals surface area contributed by atoms with Gasteiger partial charge in [-0.25, -0.2) is 0 Å². The normalized spacial score (nSPS) is 18.2. The second-order valence-electron chi connectivity index (χ2n) is 16.6. The van der Waals surface area contributed by atoms with Crippen LogP contribution in [-0.4, -0.2) is 99.2 Å². The van der Waals surface area contributed by atoms with Crippen molar-refractivity contribution >= 4 is 5.78 Å². The second-order valence-corrected chi connectivity index (χ2v) is 16.6. The lowest BCUT2D eigenvalue weighted by Gasteiger charge is -2.30. The highest BCUT2D eigenvalue weighted by atomic mass is 16.5. The van der Waals surface area contributed by atoms with E-state index >= 15 is 0 Å². The molecule has 6 rings (SSSR count). The Hall–Kier alpha value is -4.41. The summed E-state index contributed by atoms with van der Waals surface area (Å²) >= 11 is 0. The molecule has 0 N–H and O–H groups in total. The molecule has 3 aliphatic heterocycles. The number of Topliss-reactive ketones (excluding diaryl/α,β-unsaturated/α-hetero) is 1. The summed E-state index contributed by atoms with van der Waals surface area (Å²) in [6, 6.07) is 26.2. The Labute approximate surface area is 349 Å². The van der Waals surface area contributed by atoms with E-state index in [1.807, 2.05) is 48.5 Å². The maximum atomic E-state index is 11.2. The molecule has 3 heterocycles. The molecule has 9 heteroatoms. The summed E-state index contributed by atoms with van der Waals surface area (Å²) in [5.74, 6) is 4.91. The average molecular weight is 792 g/mol. The fourth-order valence-electron chi connectivity index (χ4n) is 7.64. The zero-order chi connectivity index (χ0) is 41.4. The van der Waals surface area contributed by atoms with Crippen LogP contribution in [0.1, 0.15) is 107 Å². The monoisotopic (exact) mass is 792 g/mol. The van der Waals surface area contributed by atoms with Crippen molar-refractivity contribution in [3.63, 3.8) is 0 Å². The molecule has 0 bridgehead atoms. The van der Waals surface area contributed by atoms with E-state index in [4.69, 9.17) is 24.7 Å². The topological polar surface area (TPSA) is 102 Å². The lowest BCUT2D eigenvalue weighted by atomic mass is 9.99. The Balaban J connectivity index is 0.000000193. The van der Waals surface area contributed by atoms with E-state index in [2.05, 4.69) is 47.6 Å². The van der Waals surface area contributed by atoms with Gasteiger partial charge < -0.3 is 28.9 Å². The van der Waals surface area contributed by atoms with E-state index in [1.54, 1.807) is 31.2 Å². The number of carbonyl (C=O) groups excluding carboxylic acids is 1. The van der Waals surface area contributed by atoms with Crippen molar-refractivity contribution in [2.24, 2.45) is 17.8 Å². The molecule has 0 spiro atoms. The van der Waals surface area contributed by atoms with E-state index in [-0.39, 0.29) is 5.78 Å². The number of likely N-dealkylation sites (tertiary alicyclic amines) is 3. The third kappa shape index (κ3) is 18.5. The van der Waals surface area contributed by atoms with Crippen molar-refractivity contribution in [2.45, 2.75) is 85.5 Å². The summed E-state index contributed by atoms with van der Waals surface area (Å²) in [6.45, 7) is 21.5. The molecule has 0 aliphatic carbocycles. The van der Waals surface area contributed by atoms with Crippen LogP contribution in [0.3, 0.4) is 0 Å². The Bertz CT molecular complexity index is 1650. The number of ketones is 1. The van der Waals surface area contributed by atoms with Crippen LogP contribution in [0, 0.1) is 40.4 Å². The lowest BCUT2D eigenvalue weighted by molar-refractivity contribution is 0.101. The highest BCUT2D eigenvalue weighted by molar-refractivity contribution is 5.94. The van der Waals surface area contributed by atoms with Gasteiger partial charge in [-0.3, -0.25) is 4.79 Å². The molecule has 314 valence electrons. The predicted octanol–water partition coefficient (Wildman–Crippen LogP) is 9.51. The third-order valence-electron chi connectivity index (χ3n) is 11.2. The smallest absolute Gasteiger partial charge is 0.159 e. The maximum absolute atomic E-state index is 11.2. The van der Waals surface area contributed by atoms with Gasteiger partial charge in [-0.2, -0.15) is 10.5 Å². The lowest BCUT2D eigenvalue weighted by Crippen LogP contribution is -2.35. The maximum Gasteiger partial charge on any atom is 0.159 e. The Morgan fingerprint density at radius 2 is 1.14 bits per heavy atom. The number of nitriles is 2. The van der Waals surface area contributed by atoms with Crippen molar-refractivity contribution in [3.05, 3.63) is 89.5 Å². The number of rotatable bonds is 16. The van der Waals surface area contributed by atoms with E-state index in [0.29, 0.717) is 17.0 Å². The first-order chi connectivity index (χ1) is 28.2. The summed E-state index contributed by atoms with van der Waals surface area (Å²) in [6.07, 6.45) is 11.5. The first-order valence-corrected chi connectivity index (χ1v) is 21.9. The molecule has 0 amide bonds. The van der Waals surface area contributed by atoms with Crippen LogP contribution < -0.4 is 14.2 Å². The minimum atomic E-state index is 0.0926. The van der Waals surface area contributed by atoms with Crippen LogP contribution in [0.5, 0.6) is 17.2 Å². The highest BCUT2D eigenvalue weighted by Gasteiger charge is 2.17. The first-order valence-electron chi connectivity index (χ1n) is 21.9. The van der Waals surface area contributed by atoms with E-state index in [9.17, 15) is 4.79 Å². The summed E-state index contributed by atoms with van der Waals surface area (Å²) in [5.41, 5.74) is 2.09. The summed E-state index contributed by atoms with van der Waals surface area (Å²) < 4.78 is 17.2. The van der Waals surface area contributed by atoms with Gasteiger partial charge in [0.1, 0.15) is 17.2 Å². The van der Waals surface area contributed by atoms with E-state index < -0.39 is 0 Å².